The van der Waals surface area contributed by atoms with E-state index < -0.39 is 0 Å². The maximum Gasteiger partial charge on any atom is 0.181 e. The molecule has 0 spiro atoms. The van der Waals surface area contributed by atoms with Gasteiger partial charge in [-0.1, -0.05) is 27.7 Å². The molecule has 1 heterocycles. The van der Waals surface area contributed by atoms with Crippen molar-refractivity contribution in [3.8, 4) is 0 Å². The molecule has 1 aromatic rings. The van der Waals surface area contributed by atoms with Crippen LogP contribution in [0.2, 0.25) is 0 Å². The number of aromatic nitrogens is 1. The van der Waals surface area contributed by atoms with Crippen LogP contribution in [-0.4, -0.2) is 11.0 Å². The summed E-state index contributed by atoms with van der Waals surface area (Å²) in [5.41, 5.74) is 1.03. The lowest BCUT2D eigenvalue weighted by molar-refractivity contribution is 0.474. The zero-order valence-corrected chi connectivity index (χ0v) is 8.79. The fourth-order valence-electron chi connectivity index (χ4n) is 1.18. The van der Waals surface area contributed by atoms with Crippen molar-refractivity contribution in [1.82, 2.24) is 10.3 Å². The van der Waals surface area contributed by atoms with Crippen LogP contribution in [-0.2, 0) is 6.54 Å². The average molecular weight is 182 g/mol. The van der Waals surface area contributed by atoms with Crippen LogP contribution < -0.4 is 5.32 Å². The smallest absolute Gasteiger partial charge is 0.181 e. The van der Waals surface area contributed by atoms with E-state index in [0.29, 0.717) is 12.0 Å². The fourth-order valence-corrected chi connectivity index (χ4v) is 1.18. The summed E-state index contributed by atoms with van der Waals surface area (Å²) in [6.45, 7) is 9.25. The second-order valence-electron chi connectivity index (χ2n) is 3.85. The van der Waals surface area contributed by atoms with E-state index in [4.69, 9.17) is 4.42 Å². The van der Waals surface area contributed by atoms with Crippen LogP contribution in [0.15, 0.2) is 10.8 Å². The molecule has 0 aromatic carbocycles. The molecule has 0 saturated heterocycles. The molecule has 13 heavy (non-hydrogen) atoms. The maximum atomic E-state index is 5.31. The minimum Gasteiger partial charge on any atom is -0.448 e. The molecule has 0 bridgehead atoms. The summed E-state index contributed by atoms with van der Waals surface area (Å²) < 4.78 is 5.31. The molecular weight excluding hydrogens is 164 g/mol. The Bertz CT molecular complexity index is 253. The standard InChI is InChI=1S/C10H18N2O/c1-7(2)10-9(12-6-13-10)5-11-8(3)4/h6-8,11H,5H2,1-4H3. The number of oxazole rings is 1. The molecule has 0 saturated carbocycles. The molecule has 0 aliphatic rings. The lowest BCUT2D eigenvalue weighted by Gasteiger charge is -2.07. The maximum absolute atomic E-state index is 5.31. The zero-order valence-electron chi connectivity index (χ0n) is 8.79. The number of nitrogens with zero attached hydrogens (tertiary/aromatic N) is 1. The molecule has 1 aromatic heterocycles. The average Bonchev–Trinajstić information content (AvgIpc) is 2.47. The molecule has 74 valence electrons. The molecule has 3 nitrogen and oxygen atoms in total. The van der Waals surface area contributed by atoms with Crippen LogP contribution in [0.1, 0.15) is 45.1 Å². The first kappa shape index (κ1) is 10.3. The van der Waals surface area contributed by atoms with Crippen LogP contribution in [0.25, 0.3) is 0 Å². The molecule has 0 unspecified atom stereocenters. The van der Waals surface area contributed by atoms with Gasteiger partial charge in [0.1, 0.15) is 5.76 Å². The highest BCUT2D eigenvalue weighted by Crippen LogP contribution is 2.17. The van der Waals surface area contributed by atoms with E-state index in [1.165, 1.54) is 6.39 Å². The first-order valence-electron chi connectivity index (χ1n) is 4.77. The third kappa shape index (κ3) is 2.84. The van der Waals surface area contributed by atoms with E-state index in [9.17, 15) is 0 Å². The van der Waals surface area contributed by atoms with Crippen LogP contribution in [0, 0.1) is 0 Å². The third-order valence-electron chi connectivity index (χ3n) is 1.87. The van der Waals surface area contributed by atoms with Crippen LogP contribution in [0.5, 0.6) is 0 Å². The molecule has 0 radical (unpaired) electrons. The topological polar surface area (TPSA) is 38.1 Å². The fraction of sp³-hybridized carbons (Fsp3) is 0.700. The van der Waals surface area contributed by atoms with Crippen LogP contribution in [0.3, 0.4) is 0 Å². The van der Waals surface area contributed by atoms with Gasteiger partial charge in [0, 0.05) is 18.5 Å². The summed E-state index contributed by atoms with van der Waals surface area (Å²) in [5, 5.41) is 3.32. The van der Waals surface area contributed by atoms with Gasteiger partial charge in [0.2, 0.25) is 0 Å². The van der Waals surface area contributed by atoms with Crippen molar-refractivity contribution in [3.05, 3.63) is 17.8 Å². The summed E-state index contributed by atoms with van der Waals surface area (Å²) in [4.78, 5) is 4.18. The molecule has 0 aliphatic carbocycles. The molecule has 3 heteroatoms. The predicted molar refractivity (Wildman–Crippen MR) is 52.6 cm³/mol. The van der Waals surface area contributed by atoms with E-state index in [2.05, 4.69) is 38.0 Å². The first-order chi connectivity index (χ1) is 6.11. The second kappa shape index (κ2) is 4.42. The van der Waals surface area contributed by atoms with Gasteiger partial charge in [0.25, 0.3) is 0 Å². The lowest BCUT2D eigenvalue weighted by atomic mass is 10.1. The molecule has 0 fully saturated rings. The Hall–Kier alpha value is -0.830. The van der Waals surface area contributed by atoms with Crippen molar-refractivity contribution in [1.29, 1.82) is 0 Å². The minimum absolute atomic E-state index is 0.409. The predicted octanol–water partition coefficient (Wildman–Crippen LogP) is 2.30. The van der Waals surface area contributed by atoms with Gasteiger partial charge in [-0.2, -0.15) is 0 Å². The van der Waals surface area contributed by atoms with E-state index in [0.717, 1.165) is 18.0 Å². The van der Waals surface area contributed by atoms with Crippen molar-refractivity contribution >= 4 is 0 Å². The molecule has 1 rings (SSSR count). The Kier molecular flexibility index (Phi) is 3.48. The van der Waals surface area contributed by atoms with E-state index >= 15 is 0 Å². The summed E-state index contributed by atoms with van der Waals surface area (Å²) in [6, 6.07) is 0.483. The van der Waals surface area contributed by atoms with Gasteiger partial charge in [-0.05, 0) is 0 Å². The van der Waals surface area contributed by atoms with Crippen molar-refractivity contribution in [2.45, 2.75) is 46.2 Å². The van der Waals surface area contributed by atoms with Crippen LogP contribution in [0.4, 0.5) is 0 Å². The number of rotatable bonds is 4. The van der Waals surface area contributed by atoms with Crippen LogP contribution >= 0.6 is 0 Å². The van der Waals surface area contributed by atoms with Crippen molar-refractivity contribution in [2.24, 2.45) is 0 Å². The van der Waals surface area contributed by atoms with E-state index in [1.807, 2.05) is 0 Å². The molecule has 0 aliphatic heterocycles. The van der Waals surface area contributed by atoms with Gasteiger partial charge in [0.15, 0.2) is 6.39 Å². The van der Waals surface area contributed by atoms with E-state index in [-0.39, 0.29) is 0 Å². The number of hydrogen-bond acceptors (Lipinski definition) is 3. The Morgan fingerprint density at radius 2 is 2.08 bits per heavy atom. The first-order valence-corrected chi connectivity index (χ1v) is 4.77. The summed E-state index contributed by atoms with van der Waals surface area (Å²) in [7, 11) is 0. The normalized spacial score (nSPS) is 11.5. The Morgan fingerprint density at radius 1 is 1.38 bits per heavy atom. The molecule has 0 amide bonds. The summed E-state index contributed by atoms with van der Waals surface area (Å²) >= 11 is 0. The van der Waals surface area contributed by atoms with Gasteiger partial charge < -0.3 is 9.73 Å². The SMILES string of the molecule is CC(C)NCc1ncoc1C(C)C. The highest BCUT2D eigenvalue weighted by Gasteiger charge is 2.11. The Morgan fingerprint density at radius 3 is 2.62 bits per heavy atom. The number of nitrogens with one attached hydrogen (secondary N) is 1. The molecule has 1 N–H and O–H groups in total. The third-order valence-corrected chi connectivity index (χ3v) is 1.87. The second-order valence-corrected chi connectivity index (χ2v) is 3.85. The quantitative estimate of drug-likeness (QED) is 0.776. The molecular formula is C10H18N2O. The lowest BCUT2D eigenvalue weighted by Crippen LogP contribution is -2.22. The largest absolute Gasteiger partial charge is 0.448 e. The number of hydrogen-bond donors (Lipinski definition) is 1. The van der Waals surface area contributed by atoms with Crippen molar-refractivity contribution in [2.75, 3.05) is 0 Å². The van der Waals surface area contributed by atoms with Gasteiger partial charge in [-0.3, -0.25) is 0 Å². The Balaban J connectivity index is 2.60. The highest BCUT2D eigenvalue weighted by atomic mass is 16.3. The van der Waals surface area contributed by atoms with E-state index in [1.54, 1.807) is 0 Å². The van der Waals surface area contributed by atoms with Gasteiger partial charge >= 0.3 is 0 Å². The van der Waals surface area contributed by atoms with Gasteiger partial charge in [-0.15, -0.1) is 0 Å². The molecule has 0 atom stereocenters. The Labute approximate surface area is 79.5 Å². The zero-order chi connectivity index (χ0) is 9.84. The van der Waals surface area contributed by atoms with Crippen molar-refractivity contribution < 1.29 is 4.42 Å². The summed E-state index contributed by atoms with van der Waals surface area (Å²) in [5.74, 6) is 1.40. The minimum atomic E-state index is 0.409. The van der Waals surface area contributed by atoms with Crippen molar-refractivity contribution in [3.63, 3.8) is 0 Å². The highest BCUT2D eigenvalue weighted by molar-refractivity contribution is 5.10. The van der Waals surface area contributed by atoms with Gasteiger partial charge in [0.05, 0.1) is 5.69 Å². The van der Waals surface area contributed by atoms with Gasteiger partial charge in [-0.25, -0.2) is 4.98 Å². The summed E-state index contributed by atoms with van der Waals surface area (Å²) in [6.07, 6.45) is 1.52. The monoisotopic (exact) mass is 182 g/mol.